The molecule has 1 aromatic carbocycles. The van der Waals surface area contributed by atoms with Crippen molar-refractivity contribution < 1.29 is 0 Å². The molecule has 2 heteroatoms. The summed E-state index contributed by atoms with van der Waals surface area (Å²) in [7, 11) is 0. The van der Waals surface area contributed by atoms with E-state index in [0.717, 1.165) is 5.52 Å². The van der Waals surface area contributed by atoms with Gasteiger partial charge in [-0.1, -0.05) is 24.3 Å². The van der Waals surface area contributed by atoms with Crippen molar-refractivity contribution >= 4 is 35.3 Å². The fourth-order valence-electron chi connectivity index (χ4n) is 1.02. The van der Waals surface area contributed by atoms with Crippen molar-refractivity contribution in [1.82, 2.24) is 4.98 Å². The van der Waals surface area contributed by atoms with Crippen LogP contribution in [-0.4, -0.2) is 29.4 Å². The number of hydrogen-bond acceptors (Lipinski definition) is 1. The van der Waals surface area contributed by atoms with E-state index in [-0.39, 0.29) is 24.4 Å². The Balaban J connectivity index is 0.000000605. The first kappa shape index (κ1) is 8.54. The van der Waals surface area contributed by atoms with Crippen LogP contribution in [-0.2, 0) is 0 Å². The third-order valence-electron chi connectivity index (χ3n) is 1.51. The summed E-state index contributed by atoms with van der Waals surface area (Å²) in [6.45, 7) is 0. The van der Waals surface area contributed by atoms with Gasteiger partial charge in [0.05, 0.1) is 5.52 Å². The summed E-state index contributed by atoms with van der Waals surface area (Å²) in [4.78, 5) is 4.18. The molecular weight excluding hydrogens is 244 g/mol. The number of rotatable bonds is 0. The van der Waals surface area contributed by atoms with Gasteiger partial charge in [-0.3, -0.25) is 4.98 Å². The van der Waals surface area contributed by atoms with Gasteiger partial charge in [-0.25, -0.2) is 0 Å². The summed E-state index contributed by atoms with van der Waals surface area (Å²) in [6.07, 6.45) is 1.81. The molecule has 0 amide bonds. The van der Waals surface area contributed by atoms with Crippen molar-refractivity contribution in [3.63, 3.8) is 0 Å². The Morgan fingerprint density at radius 1 is 0.909 bits per heavy atom. The van der Waals surface area contributed by atoms with Gasteiger partial charge >= 0.3 is 0 Å². The monoisotopic (exact) mass is 250 g/mol. The Morgan fingerprint density at radius 2 is 1.64 bits per heavy atom. The number of para-hydroxylation sites is 1. The smallest absolute Gasteiger partial charge is 0.0701 e. The van der Waals surface area contributed by atoms with Crippen LogP contribution in [0.4, 0.5) is 0 Å². The van der Waals surface area contributed by atoms with Gasteiger partial charge in [-0.05, 0) is 12.1 Å². The van der Waals surface area contributed by atoms with Crippen LogP contribution < -0.4 is 0 Å². The number of benzene rings is 1. The van der Waals surface area contributed by atoms with Crippen LogP contribution in [0, 0.1) is 0 Å². The molecule has 53 valence electrons. The zero-order valence-corrected chi connectivity index (χ0v) is 8.49. The molecule has 0 aliphatic carbocycles. The van der Waals surface area contributed by atoms with Crippen molar-refractivity contribution in [3.8, 4) is 0 Å². The maximum atomic E-state index is 4.18. The van der Waals surface area contributed by atoms with E-state index in [1.807, 2.05) is 30.5 Å². The molecule has 0 saturated heterocycles. The molecular formula is C9H7NSb. The largest absolute Gasteiger partial charge is 0.256 e. The quantitative estimate of drug-likeness (QED) is 0.651. The van der Waals surface area contributed by atoms with Crippen molar-refractivity contribution in [2.45, 2.75) is 0 Å². The number of nitrogens with zero attached hydrogens (tertiary/aromatic N) is 1. The first-order valence-electron chi connectivity index (χ1n) is 3.26. The topological polar surface area (TPSA) is 12.9 Å². The zero-order chi connectivity index (χ0) is 6.81. The molecule has 0 atom stereocenters. The van der Waals surface area contributed by atoms with E-state index in [4.69, 9.17) is 0 Å². The zero-order valence-electron chi connectivity index (χ0n) is 5.94. The molecule has 0 aliphatic heterocycles. The molecule has 1 heterocycles. The number of fused-ring (bicyclic) bond motifs is 1. The first-order valence-corrected chi connectivity index (χ1v) is 3.26. The number of pyridine rings is 1. The molecule has 0 saturated carbocycles. The van der Waals surface area contributed by atoms with Gasteiger partial charge in [0.2, 0.25) is 0 Å². The van der Waals surface area contributed by atoms with Crippen LogP contribution >= 0.6 is 0 Å². The summed E-state index contributed by atoms with van der Waals surface area (Å²) in [5.41, 5.74) is 1.06. The maximum absolute atomic E-state index is 4.18. The van der Waals surface area contributed by atoms with Gasteiger partial charge in [0.25, 0.3) is 0 Å². The molecule has 0 spiro atoms. The summed E-state index contributed by atoms with van der Waals surface area (Å²) in [5, 5.41) is 1.20. The summed E-state index contributed by atoms with van der Waals surface area (Å²) in [6, 6.07) is 12.1. The van der Waals surface area contributed by atoms with Crippen LogP contribution in [0.3, 0.4) is 0 Å². The van der Waals surface area contributed by atoms with Gasteiger partial charge in [0.15, 0.2) is 0 Å². The fraction of sp³-hybridized carbons (Fsp3) is 0. The summed E-state index contributed by atoms with van der Waals surface area (Å²) >= 11 is 0. The first-order chi connectivity index (χ1) is 4.97. The minimum Gasteiger partial charge on any atom is -0.256 e. The SMILES string of the molecule is [Sb].c1ccc2ncccc2c1. The number of hydrogen-bond donors (Lipinski definition) is 0. The average molecular weight is 251 g/mol. The Morgan fingerprint density at radius 3 is 2.45 bits per heavy atom. The molecule has 0 fully saturated rings. The van der Waals surface area contributed by atoms with Crippen LogP contribution in [0.25, 0.3) is 10.9 Å². The Bertz CT molecular complexity index is 281. The number of aromatic nitrogens is 1. The molecule has 3 radical (unpaired) electrons. The van der Waals surface area contributed by atoms with Crippen molar-refractivity contribution in [1.29, 1.82) is 0 Å². The molecule has 0 bridgehead atoms. The van der Waals surface area contributed by atoms with Crippen LogP contribution in [0.15, 0.2) is 42.6 Å². The second-order valence-electron chi connectivity index (χ2n) is 2.20. The van der Waals surface area contributed by atoms with E-state index < -0.39 is 0 Å². The van der Waals surface area contributed by atoms with E-state index >= 15 is 0 Å². The van der Waals surface area contributed by atoms with Crippen molar-refractivity contribution in [2.24, 2.45) is 0 Å². The van der Waals surface area contributed by atoms with Gasteiger partial charge in [0.1, 0.15) is 0 Å². The minimum atomic E-state index is 0. The van der Waals surface area contributed by atoms with Crippen LogP contribution in [0.5, 0.6) is 0 Å². The predicted octanol–water partition coefficient (Wildman–Crippen LogP) is 1.85. The Hall–Kier alpha value is -0.552. The molecule has 2 rings (SSSR count). The maximum Gasteiger partial charge on any atom is 0.0701 e. The van der Waals surface area contributed by atoms with Crippen molar-refractivity contribution in [3.05, 3.63) is 42.6 Å². The van der Waals surface area contributed by atoms with Crippen LogP contribution in [0.1, 0.15) is 0 Å². The summed E-state index contributed by atoms with van der Waals surface area (Å²) < 4.78 is 0. The standard InChI is InChI=1S/C9H7N.Sb/c1-2-6-9-8(4-1)5-3-7-10-9;/h1-7H;. The molecule has 1 aromatic heterocycles. The van der Waals surface area contributed by atoms with E-state index in [2.05, 4.69) is 17.1 Å². The minimum absolute atomic E-state index is 0. The second kappa shape index (κ2) is 3.73. The predicted molar refractivity (Wildman–Crippen MR) is 47.5 cm³/mol. The van der Waals surface area contributed by atoms with E-state index in [1.165, 1.54) is 5.39 Å². The van der Waals surface area contributed by atoms with E-state index in [1.54, 1.807) is 0 Å². The summed E-state index contributed by atoms with van der Waals surface area (Å²) in [5.74, 6) is 0. The van der Waals surface area contributed by atoms with E-state index in [0.29, 0.717) is 0 Å². The second-order valence-corrected chi connectivity index (χ2v) is 2.20. The fourth-order valence-corrected chi connectivity index (χ4v) is 1.02. The molecule has 2 aromatic rings. The Labute approximate surface area is 82.9 Å². The van der Waals surface area contributed by atoms with Gasteiger partial charge in [-0.2, -0.15) is 0 Å². The van der Waals surface area contributed by atoms with E-state index in [9.17, 15) is 0 Å². The van der Waals surface area contributed by atoms with Crippen molar-refractivity contribution in [2.75, 3.05) is 0 Å². The Kier molecular flexibility index (Phi) is 2.90. The average Bonchev–Trinajstić information content (AvgIpc) is 2.05. The molecule has 0 unspecified atom stereocenters. The van der Waals surface area contributed by atoms with Gasteiger partial charge in [0, 0.05) is 36.0 Å². The third kappa shape index (κ3) is 1.72. The third-order valence-corrected chi connectivity index (χ3v) is 1.51. The van der Waals surface area contributed by atoms with Crippen LogP contribution in [0.2, 0.25) is 0 Å². The molecule has 0 N–H and O–H groups in total. The molecule has 0 aliphatic rings. The normalized spacial score (nSPS) is 9.09. The molecule has 1 nitrogen and oxygen atoms in total. The molecule has 11 heavy (non-hydrogen) atoms. The van der Waals surface area contributed by atoms with Gasteiger partial charge < -0.3 is 0 Å². The van der Waals surface area contributed by atoms with Gasteiger partial charge in [-0.15, -0.1) is 0 Å².